The van der Waals surface area contributed by atoms with Crippen LogP contribution in [-0.2, 0) is 17.7 Å². The topological polar surface area (TPSA) is 73.2 Å². The molecule has 1 amide bonds. The first-order valence-corrected chi connectivity index (χ1v) is 9.08. The second kappa shape index (κ2) is 8.85. The van der Waals surface area contributed by atoms with Crippen molar-refractivity contribution in [3.8, 4) is 0 Å². The molecule has 1 aromatic heterocycles. The minimum Gasteiger partial charge on any atom is -0.461 e. The number of esters is 1. The van der Waals surface area contributed by atoms with Gasteiger partial charge in [0, 0.05) is 23.6 Å². The summed E-state index contributed by atoms with van der Waals surface area (Å²) >= 11 is 5.86. The van der Waals surface area contributed by atoms with Gasteiger partial charge in [-0.05, 0) is 37.1 Å². The van der Waals surface area contributed by atoms with Crippen LogP contribution in [0.5, 0.6) is 0 Å². The van der Waals surface area contributed by atoms with Crippen LogP contribution in [-0.4, -0.2) is 28.0 Å². The first-order valence-electron chi connectivity index (χ1n) is 8.70. The third kappa shape index (κ3) is 4.64. The van der Waals surface area contributed by atoms with Gasteiger partial charge in [-0.3, -0.25) is 4.79 Å². The summed E-state index contributed by atoms with van der Waals surface area (Å²) in [4.78, 5) is 29.5. The van der Waals surface area contributed by atoms with Gasteiger partial charge in [0.15, 0.2) is 11.5 Å². The van der Waals surface area contributed by atoms with Crippen molar-refractivity contribution in [1.29, 1.82) is 0 Å². The fourth-order valence-corrected chi connectivity index (χ4v) is 2.73. The van der Waals surface area contributed by atoms with Crippen LogP contribution in [0.25, 0.3) is 0 Å². The predicted molar refractivity (Wildman–Crippen MR) is 102 cm³/mol. The Balaban J connectivity index is 2.42. The summed E-state index contributed by atoms with van der Waals surface area (Å²) in [6.45, 7) is 8.67. The molecule has 2 aromatic rings. The maximum Gasteiger partial charge on any atom is 0.358 e. The van der Waals surface area contributed by atoms with Crippen molar-refractivity contribution in [2.45, 2.75) is 40.7 Å². The van der Waals surface area contributed by atoms with Crippen molar-refractivity contribution < 1.29 is 14.3 Å². The number of benzene rings is 1. The third-order valence-corrected chi connectivity index (χ3v) is 3.97. The number of halogens is 1. The van der Waals surface area contributed by atoms with E-state index in [0.29, 0.717) is 29.5 Å². The van der Waals surface area contributed by atoms with Crippen LogP contribution in [0, 0.1) is 5.92 Å². The Hall–Kier alpha value is -2.34. The van der Waals surface area contributed by atoms with Gasteiger partial charge in [0.25, 0.3) is 5.91 Å². The fraction of sp³-hybridized carbons (Fsp3) is 0.421. The van der Waals surface area contributed by atoms with Gasteiger partial charge in [0.1, 0.15) is 5.82 Å². The number of hydrogen-bond acceptors (Lipinski definition) is 4. The molecule has 1 N–H and O–H groups in total. The Labute approximate surface area is 158 Å². The molecule has 0 bridgehead atoms. The number of nitrogens with zero attached hydrogens (tertiary/aromatic N) is 2. The highest BCUT2D eigenvalue weighted by atomic mass is 35.5. The molecule has 26 heavy (non-hydrogen) atoms. The molecule has 0 spiro atoms. The maximum atomic E-state index is 12.5. The summed E-state index contributed by atoms with van der Waals surface area (Å²) in [7, 11) is 0. The van der Waals surface area contributed by atoms with E-state index in [1.165, 1.54) is 0 Å². The summed E-state index contributed by atoms with van der Waals surface area (Å²) in [6, 6.07) is 6.51. The van der Waals surface area contributed by atoms with E-state index in [-0.39, 0.29) is 24.0 Å². The van der Waals surface area contributed by atoms with Gasteiger partial charge in [0.2, 0.25) is 0 Å². The summed E-state index contributed by atoms with van der Waals surface area (Å²) in [5.74, 6) is 0.410. The highest BCUT2D eigenvalue weighted by Gasteiger charge is 2.25. The predicted octanol–water partition coefficient (Wildman–Crippen LogP) is 4.18. The van der Waals surface area contributed by atoms with E-state index in [1.54, 1.807) is 31.2 Å². The number of ether oxygens (including phenoxy) is 1. The molecule has 2 rings (SSSR count). The molecule has 140 valence electrons. The lowest BCUT2D eigenvalue weighted by Gasteiger charge is -2.13. The Morgan fingerprint density at radius 1 is 1.23 bits per heavy atom. The largest absolute Gasteiger partial charge is 0.461 e. The Morgan fingerprint density at radius 3 is 2.42 bits per heavy atom. The number of aryl methyl sites for hydroxylation is 1. The lowest BCUT2D eigenvalue weighted by Crippen LogP contribution is -2.20. The number of rotatable bonds is 7. The minimum absolute atomic E-state index is 0.223. The summed E-state index contributed by atoms with van der Waals surface area (Å²) in [6.07, 6.45) is 0.635. The quantitative estimate of drug-likeness (QED) is 0.734. The van der Waals surface area contributed by atoms with E-state index in [9.17, 15) is 9.59 Å². The first-order chi connectivity index (χ1) is 12.4. The van der Waals surface area contributed by atoms with E-state index in [1.807, 2.05) is 11.5 Å². The third-order valence-electron chi connectivity index (χ3n) is 3.72. The number of carbonyl (C=O) groups excluding carboxylic acids is 2. The Kier molecular flexibility index (Phi) is 6.80. The van der Waals surface area contributed by atoms with Gasteiger partial charge in [-0.25, -0.2) is 9.78 Å². The Bertz CT molecular complexity index is 782. The first kappa shape index (κ1) is 20.0. The van der Waals surface area contributed by atoms with Crippen LogP contribution in [0.1, 0.15) is 54.4 Å². The SMILES string of the molecule is CCOC(=O)c1c(NC(=O)c2ccc(Cl)cc2)nc(CC)n1CC(C)C. The van der Waals surface area contributed by atoms with Gasteiger partial charge >= 0.3 is 5.97 Å². The zero-order valence-electron chi connectivity index (χ0n) is 15.5. The average molecular weight is 378 g/mol. The molecule has 1 aromatic carbocycles. The second-order valence-corrected chi connectivity index (χ2v) is 6.70. The molecule has 0 unspecified atom stereocenters. The smallest absolute Gasteiger partial charge is 0.358 e. The van der Waals surface area contributed by atoms with Gasteiger partial charge in [0.05, 0.1) is 6.61 Å². The van der Waals surface area contributed by atoms with Crippen molar-refractivity contribution in [3.63, 3.8) is 0 Å². The Morgan fingerprint density at radius 2 is 1.88 bits per heavy atom. The zero-order valence-corrected chi connectivity index (χ0v) is 16.3. The van der Waals surface area contributed by atoms with Crippen molar-refractivity contribution >= 4 is 29.3 Å². The van der Waals surface area contributed by atoms with E-state index in [0.717, 1.165) is 5.82 Å². The lowest BCUT2D eigenvalue weighted by molar-refractivity contribution is 0.0514. The monoisotopic (exact) mass is 377 g/mol. The molecule has 0 aliphatic heterocycles. The number of aromatic nitrogens is 2. The van der Waals surface area contributed by atoms with Crippen LogP contribution in [0.15, 0.2) is 24.3 Å². The van der Waals surface area contributed by atoms with E-state index in [2.05, 4.69) is 24.1 Å². The molecule has 0 fully saturated rings. The average Bonchev–Trinajstić information content (AvgIpc) is 2.92. The molecule has 0 aliphatic rings. The molecule has 7 heteroatoms. The summed E-state index contributed by atoms with van der Waals surface area (Å²) < 4.78 is 7.02. The van der Waals surface area contributed by atoms with Crippen molar-refractivity contribution in [1.82, 2.24) is 9.55 Å². The van der Waals surface area contributed by atoms with E-state index in [4.69, 9.17) is 16.3 Å². The van der Waals surface area contributed by atoms with Crippen LogP contribution >= 0.6 is 11.6 Å². The van der Waals surface area contributed by atoms with Crippen LogP contribution < -0.4 is 5.32 Å². The van der Waals surface area contributed by atoms with Gasteiger partial charge in [-0.15, -0.1) is 0 Å². The maximum absolute atomic E-state index is 12.5. The zero-order chi connectivity index (χ0) is 19.3. The minimum atomic E-state index is -0.494. The normalized spacial score (nSPS) is 10.8. The fourth-order valence-electron chi connectivity index (χ4n) is 2.61. The van der Waals surface area contributed by atoms with Gasteiger partial charge in [-0.2, -0.15) is 0 Å². The van der Waals surface area contributed by atoms with Crippen LogP contribution in [0.3, 0.4) is 0 Å². The molecule has 0 saturated carbocycles. The number of hydrogen-bond donors (Lipinski definition) is 1. The number of anilines is 1. The lowest BCUT2D eigenvalue weighted by atomic mass is 10.2. The molecule has 1 heterocycles. The van der Waals surface area contributed by atoms with Crippen molar-refractivity contribution in [3.05, 3.63) is 46.4 Å². The highest BCUT2D eigenvalue weighted by molar-refractivity contribution is 6.30. The van der Waals surface area contributed by atoms with Crippen molar-refractivity contribution in [2.75, 3.05) is 11.9 Å². The standard InChI is InChI=1S/C19H24ClN3O3/c1-5-15-21-17(22-18(24)13-7-9-14(20)10-8-13)16(19(25)26-6-2)23(15)11-12(3)4/h7-10,12H,5-6,11H2,1-4H3,(H,22,24). The number of imidazole rings is 1. The number of amides is 1. The van der Waals surface area contributed by atoms with Crippen molar-refractivity contribution in [2.24, 2.45) is 5.92 Å². The number of carbonyl (C=O) groups is 2. The van der Waals surface area contributed by atoms with Gasteiger partial charge in [-0.1, -0.05) is 32.4 Å². The second-order valence-electron chi connectivity index (χ2n) is 6.26. The molecule has 0 saturated heterocycles. The summed E-state index contributed by atoms with van der Waals surface area (Å²) in [5, 5.41) is 3.28. The molecular weight excluding hydrogens is 354 g/mol. The highest BCUT2D eigenvalue weighted by Crippen LogP contribution is 2.22. The van der Waals surface area contributed by atoms with Crippen LogP contribution in [0.4, 0.5) is 5.82 Å². The molecular formula is C19H24ClN3O3. The van der Waals surface area contributed by atoms with E-state index >= 15 is 0 Å². The molecule has 0 aliphatic carbocycles. The van der Waals surface area contributed by atoms with Crippen LogP contribution in [0.2, 0.25) is 5.02 Å². The van der Waals surface area contributed by atoms with Gasteiger partial charge < -0.3 is 14.6 Å². The molecule has 0 radical (unpaired) electrons. The summed E-state index contributed by atoms with van der Waals surface area (Å²) in [5.41, 5.74) is 0.709. The number of nitrogens with one attached hydrogen (secondary N) is 1. The van der Waals surface area contributed by atoms with E-state index < -0.39 is 5.97 Å². The molecule has 0 atom stereocenters. The molecule has 6 nitrogen and oxygen atoms in total.